The summed E-state index contributed by atoms with van der Waals surface area (Å²) >= 11 is 0. The Labute approximate surface area is 120 Å². The number of anilines is 1. The third kappa shape index (κ3) is 2.19. The first kappa shape index (κ1) is 13.5. The molecule has 1 N–H and O–H groups in total. The zero-order valence-electron chi connectivity index (χ0n) is 12.2. The summed E-state index contributed by atoms with van der Waals surface area (Å²) in [5, 5.41) is 9.44. The van der Waals surface area contributed by atoms with Gasteiger partial charge in [0.25, 0.3) is 0 Å². The van der Waals surface area contributed by atoms with Gasteiger partial charge in [0, 0.05) is 18.3 Å². The third-order valence-electron chi connectivity index (χ3n) is 5.31. The van der Waals surface area contributed by atoms with Gasteiger partial charge in [-0.15, -0.1) is 0 Å². The zero-order valence-corrected chi connectivity index (χ0v) is 12.2. The van der Waals surface area contributed by atoms with Crippen molar-refractivity contribution in [1.29, 1.82) is 0 Å². The molecule has 0 amide bonds. The standard InChI is InChI=1S/C17H23NO2/c1-11-7-8-13(9-12(11)2)18-10-15(17(19)20)14-5-3-4-6-16(14)18/h3-6,11-13,15H,7-10H2,1-2H3,(H,19,20). The molecule has 0 radical (unpaired) electrons. The number of carboxylic acid groups (broad SMARTS) is 1. The van der Waals surface area contributed by atoms with Crippen LogP contribution in [0.4, 0.5) is 5.69 Å². The molecule has 0 bridgehead atoms. The highest BCUT2D eigenvalue weighted by atomic mass is 16.4. The molecule has 1 saturated carbocycles. The monoisotopic (exact) mass is 273 g/mol. The molecule has 0 aromatic heterocycles. The molecule has 3 heteroatoms. The van der Waals surface area contributed by atoms with E-state index in [4.69, 9.17) is 0 Å². The van der Waals surface area contributed by atoms with Crippen LogP contribution in [0, 0.1) is 11.8 Å². The lowest BCUT2D eigenvalue weighted by Crippen LogP contribution is -2.40. The van der Waals surface area contributed by atoms with Gasteiger partial charge >= 0.3 is 5.97 Å². The van der Waals surface area contributed by atoms with Crippen LogP contribution >= 0.6 is 0 Å². The van der Waals surface area contributed by atoms with E-state index in [0.29, 0.717) is 12.6 Å². The number of hydrogen-bond donors (Lipinski definition) is 1. The van der Waals surface area contributed by atoms with E-state index >= 15 is 0 Å². The zero-order chi connectivity index (χ0) is 14.3. The maximum Gasteiger partial charge on any atom is 0.312 e. The fourth-order valence-corrected chi connectivity index (χ4v) is 3.80. The Morgan fingerprint density at radius 1 is 1.20 bits per heavy atom. The molecule has 1 aliphatic heterocycles. The summed E-state index contributed by atoms with van der Waals surface area (Å²) in [4.78, 5) is 13.8. The van der Waals surface area contributed by atoms with Crippen LogP contribution in [-0.4, -0.2) is 23.7 Å². The van der Waals surface area contributed by atoms with Crippen LogP contribution in [-0.2, 0) is 4.79 Å². The Morgan fingerprint density at radius 2 is 1.95 bits per heavy atom. The van der Waals surface area contributed by atoms with Gasteiger partial charge < -0.3 is 10.0 Å². The summed E-state index contributed by atoms with van der Waals surface area (Å²) in [6.45, 7) is 5.30. The summed E-state index contributed by atoms with van der Waals surface area (Å²) in [7, 11) is 0. The maximum atomic E-state index is 11.5. The minimum absolute atomic E-state index is 0.360. The number of nitrogens with zero attached hydrogens (tertiary/aromatic N) is 1. The Morgan fingerprint density at radius 3 is 2.65 bits per heavy atom. The second kappa shape index (κ2) is 5.12. The second-order valence-corrected chi connectivity index (χ2v) is 6.52. The van der Waals surface area contributed by atoms with Crippen molar-refractivity contribution in [2.75, 3.05) is 11.4 Å². The molecule has 1 aliphatic carbocycles. The topological polar surface area (TPSA) is 40.5 Å². The second-order valence-electron chi connectivity index (χ2n) is 6.52. The van der Waals surface area contributed by atoms with E-state index in [1.54, 1.807) is 0 Å². The third-order valence-corrected chi connectivity index (χ3v) is 5.31. The van der Waals surface area contributed by atoms with E-state index in [0.717, 1.165) is 23.1 Å². The number of hydrogen-bond acceptors (Lipinski definition) is 2. The number of fused-ring (bicyclic) bond motifs is 1. The minimum atomic E-state index is -0.697. The summed E-state index contributed by atoms with van der Waals surface area (Å²) in [6, 6.07) is 8.53. The lowest BCUT2D eigenvalue weighted by molar-refractivity contribution is -0.138. The van der Waals surface area contributed by atoms with Crippen LogP contribution in [0.2, 0.25) is 0 Å². The lowest BCUT2D eigenvalue weighted by Gasteiger charge is -2.39. The highest BCUT2D eigenvalue weighted by molar-refractivity contribution is 5.83. The van der Waals surface area contributed by atoms with Crippen molar-refractivity contribution in [3.63, 3.8) is 0 Å². The van der Waals surface area contributed by atoms with Gasteiger partial charge in [0.2, 0.25) is 0 Å². The van der Waals surface area contributed by atoms with Gasteiger partial charge in [0.05, 0.1) is 0 Å². The van der Waals surface area contributed by atoms with Crippen molar-refractivity contribution in [1.82, 2.24) is 0 Å². The first-order valence-electron chi connectivity index (χ1n) is 7.66. The number of carbonyl (C=O) groups is 1. The first-order valence-corrected chi connectivity index (χ1v) is 7.66. The maximum absolute atomic E-state index is 11.5. The quantitative estimate of drug-likeness (QED) is 0.896. The van der Waals surface area contributed by atoms with Gasteiger partial charge in [-0.25, -0.2) is 0 Å². The fourth-order valence-electron chi connectivity index (χ4n) is 3.80. The molecule has 1 fully saturated rings. The molecule has 20 heavy (non-hydrogen) atoms. The molecule has 4 atom stereocenters. The van der Waals surface area contributed by atoms with E-state index in [-0.39, 0.29) is 5.92 Å². The van der Waals surface area contributed by atoms with Gasteiger partial charge in [-0.2, -0.15) is 0 Å². The molecule has 1 aromatic rings. The Balaban J connectivity index is 1.87. The van der Waals surface area contributed by atoms with Gasteiger partial charge in [0.1, 0.15) is 5.92 Å². The molecular weight excluding hydrogens is 250 g/mol. The highest BCUT2D eigenvalue weighted by Gasteiger charge is 2.38. The van der Waals surface area contributed by atoms with Gasteiger partial charge in [-0.05, 0) is 42.7 Å². The number of para-hydroxylation sites is 1. The van der Waals surface area contributed by atoms with Gasteiger partial charge in [0.15, 0.2) is 0 Å². The number of aliphatic carboxylic acids is 1. The van der Waals surface area contributed by atoms with E-state index in [1.165, 1.54) is 19.3 Å². The van der Waals surface area contributed by atoms with Crippen molar-refractivity contribution in [2.45, 2.75) is 45.1 Å². The van der Waals surface area contributed by atoms with Crippen LogP contribution in [0.3, 0.4) is 0 Å². The summed E-state index contributed by atoms with van der Waals surface area (Å²) in [5.74, 6) is 0.460. The number of rotatable bonds is 2. The minimum Gasteiger partial charge on any atom is -0.481 e. The molecular formula is C17H23NO2. The summed E-state index contributed by atoms with van der Waals surface area (Å²) in [6.07, 6.45) is 3.62. The van der Waals surface area contributed by atoms with Crippen molar-refractivity contribution in [3.05, 3.63) is 29.8 Å². The van der Waals surface area contributed by atoms with E-state index in [2.05, 4.69) is 24.8 Å². The van der Waals surface area contributed by atoms with Crippen LogP contribution in [0.15, 0.2) is 24.3 Å². The fraction of sp³-hybridized carbons (Fsp3) is 0.588. The van der Waals surface area contributed by atoms with Gasteiger partial charge in [-0.1, -0.05) is 32.0 Å². The molecule has 1 aromatic carbocycles. The normalized spacial score (nSPS) is 33.0. The molecule has 108 valence electrons. The molecule has 3 nitrogen and oxygen atoms in total. The van der Waals surface area contributed by atoms with Crippen LogP contribution in [0.5, 0.6) is 0 Å². The van der Waals surface area contributed by atoms with Crippen molar-refractivity contribution in [3.8, 4) is 0 Å². The predicted octanol–water partition coefficient (Wildman–Crippen LogP) is 3.50. The molecule has 0 spiro atoms. The Bertz CT molecular complexity index is 513. The number of benzene rings is 1. The van der Waals surface area contributed by atoms with Crippen LogP contribution < -0.4 is 4.90 Å². The lowest BCUT2D eigenvalue weighted by atomic mass is 9.78. The van der Waals surface area contributed by atoms with E-state index in [1.807, 2.05) is 18.2 Å². The average Bonchev–Trinajstić information content (AvgIpc) is 2.82. The summed E-state index contributed by atoms with van der Waals surface area (Å²) < 4.78 is 0. The molecule has 0 saturated heterocycles. The van der Waals surface area contributed by atoms with Crippen molar-refractivity contribution >= 4 is 11.7 Å². The molecule has 3 rings (SSSR count). The van der Waals surface area contributed by atoms with Crippen LogP contribution in [0.1, 0.15) is 44.6 Å². The largest absolute Gasteiger partial charge is 0.481 e. The number of carboxylic acids is 1. The smallest absolute Gasteiger partial charge is 0.312 e. The molecule has 2 aliphatic rings. The van der Waals surface area contributed by atoms with Crippen molar-refractivity contribution < 1.29 is 9.90 Å². The average molecular weight is 273 g/mol. The SMILES string of the molecule is CC1CCC(N2CC(C(=O)O)c3ccccc32)CC1C. The first-order chi connectivity index (χ1) is 9.58. The van der Waals surface area contributed by atoms with Crippen LogP contribution in [0.25, 0.3) is 0 Å². The van der Waals surface area contributed by atoms with Gasteiger partial charge in [-0.3, -0.25) is 4.79 Å². The molecule has 4 unspecified atom stereocenters. The van der Waals surface area contributed by atoms with Crippen molar-refractivity contribution in [2.24, 2.45) is 11.8 Å². The molecule has 1 heterocycles. The highest BCUT2D eigenvalue weighted by Crippen LogP contribution is 2.42. The predicted molar refractivity (Wildman–Crippen MR) is 80.1 cm³/mol. The Hall–Kier alpha value is -1.51. The van der Waals surface area contributed by atoms with E-state index < -0.39 is 5.97 Å². The Kier molecular flexibility index (Phi) is 3.45. The summed E-state index contributed by atoms with van der Waals surface area (Å²) in [5.41, 5.74) is 2.14. The van der Waals surface area contributed by atoms with E-state index in [9.17, 15) is 9.90 Å².